The van der Waals surface area contributed by atoms with Crippen LogP contribution in [0.25, 0.3) is 10.4 Å². The van der Waals surface area contributed by atoms with E-state index in [4.69, 9.17) is 15.4 Å². The van der Waals surface area contributed by atoms with Gasteiger partial charge in [0, 0.05) is 11.5 Å². The lowest BCUT2D eigenvalue weighted by molar-refractivity contribution is -0.148. The molecular weight excluding hydrogens is 150 g/mol. The van der Waals surface area contributed by atoms with Gasteiger partial charge >= 0.3 is 5.97 Å². The number of ether oxygens (including phenoxy) is 1. The molecule has 0 radical (unpaired) electrons. The Balaban J connectivity index is 3.38. The van der Waals surface area contributed by atoms with Gasteiger partial charge in [-0.05, 0) is 12.5 Å². The van der Waals surface area contributed by atoms with Crippen LogP contribution in [0.3, 0.4) is 0 Å². The molecule has 0 rings (SSSR count). The molecule has 0 heterocycles. The fourth-order valence-corrected chi connectivity index (χ4v) is 0.386. The third-order valence-corrected chi connectivity index (χ3v) is 0.970. The molecule has 0 aromatic heterocycles. The Morgan fingerprint density at radius 2 is 2.55 bits per heavy atom. The SMILES string of the molecule is CC(OCCN=[N+]=[N-])C(=O)O. The molecule has 62 valence electrons. The van der Waals surface area contributed by atoms with Gasteiger partial charge in [0.1, 0.15) is 0 Å². The molecule has 1 atom stereocenters. The van der Waals surface area contributed by atoms with Gasteiger partial charge in [0.2, 0.25) is 0 Å². The molecule has 0 bridgehead atoms. The van der Waals surface area contributed by atoms with Gasteiger partial charge in [-0.2, -0.15) is 0 Å². The minimum atomic E-state index is -1.02. The summed E-state index contributed by atoms with van der Waals surface area (Å²) in [6.45, 7) is 1.71. The summed E-state index contributed by atoms with van der Waals surface area (Å²) >= 11 is 0. The van der Waals surface area contributed by atoms with Crippen LogP contribution in [0.2, 0.25) is 0 Å². The van der Waals surface area contributed by atoms with Gasteiger partial charge in [-0.15, -0.1) is 0 Å². The van der Waals surface area contributed by atoms with Crippen molar-refractivity contribution in [2.75, 3.05) is 13.2 Å². The van der Waals surface area contributed by atoms with Crippen molar-refractivity contribution >= 4 is 5.97 Å². The first kappa shape index (κ1) is 9.74. The van der Waals surface area contributed by atoms with Crippen LogP contribution in [0.15, 0.2) is 5.11 Å². The third kappa shape index (κ3) is 5.20. The maximum Gasteiger partial charge on any atom is 0.332 e. The molecule has 0 spiro atoms. The van der Waals surface area contributed by atoms with Crippen LogP contribution >= 0.6 is 0 Å². The Hall–Kier alpha value is -1.26. The highest BCUT2D eigenvalue weighted by atomic mass is 16.5. The van der Waals surface area contributed by atoms with Crippen molar-refractivity contribution in [1.29, 1.82) is 0 Å². The monoisotopic (exact) mass is 159 g/mol. The number of aliphatic carboxylic acids is 1. The fraction of sp³-hybridized carbons (Fsp3) is 0.800. The van der Waals surface area contributed by atoms with E-state index in [2.05, 4.69) is 10.0 Å². The van der Waals surface area contributed by atoms with E-state index in [1.165, 1.54) is 6.92 Å². The van der Waals surface area contributed by atoms with Crippen LogP contribution in [-0.2, 0) is 9.53 Å². The lowest BCUT2D eigenvalue weighted by atomic mass is 10.4. The predicted octanol–water partition coefficient (Wildman–Crippen LogP) is 0.786. The topological polar surface area (TPSA) is 95.3 Å². The Morgan fingerprint density at radius 1 is 1.91 bits per heavy atom. The summed E-state index contributed by atoms with van der Waals surface area (Å²) in [6, 6.07) is 0. The molecule has 0 saturated carbocycles. The molecule has 0 fully saturated rings. The van der Waals surface area contributed by atoms with Gasteiger partial charge in [-0.3, -0.25) is 0 Å². The van der Waals surface area contributed by atoms with Crippen LogP contribution < -0.4 is 0 Å². The fourth-order valence-electron chi connectivity index (χ4n) is 0.386. The first-order chi connectivity index (χ1) is 5.18. The summed E-state index contributed by atoms with van der Waals surface area (Å²) in [5, 5.41) is 11.5. The minimum Gasteiger partial charge on any atom is -0.479 e. The second-order valence-corrected chi connectivity index (χ2v) is 1.81. The van der Waals surface area contributed by atoms with Gasteiger partial charge in [-0.1, -0.05) is 5.11 Å². The van der Waals surface area contributed by atoms with E-state index in [1.54, 1.807) is 0 Å². The molecule has 1 unspecified atom stereocenters. The molecule has 0 aliphatic rings. The Bertz CT molecular complexity index is 176. The smallest absolute Gasteiger partial charge is 0.332 e. The number of hydrogen-bond donors (Lipinski definition) is 1. The van der Waals surface area contributed by atoms with Crippen molar-refractivity contribution in [2.24, 2.45) is 5.11 Å². The van der Waals surface area contributed by atoms with Crippen LogP contribution in [0.1, 0.15) is 6.92 Å². The first-order valence-electron chi connectivity index (χ1n) is 3.03. The van der Waals surface area contributed by atoms with E-state index in [0.717, 1.165) is 0 Å². The maximum atomic E-state index is 10.1. The zero-order valence-electron chi connectivity index (χ0n) is 6.10. The number of rotatable bonds is 5. The van der Waals surface area contributed by atoms with E-state index in [1.807, 2.05) is 0 Å². The summed E-state index contributed by atoms with van der Waals surface area (Å²) in [6.07, 6.45) is -0.844. The van der Waals surface area contributed by atoms with Gasteiger partial charge < -0.3 is 9.84 Å². The zero-order valence-corrected chi connectivity index (χ0v) is 6.10. The average molecular weight is 159 g/mol. The lowest BCUT2D eigenvalue weighted by Gasteiger charge is -2.05. The molecule has 1 N–H and O–H groups in total. The van der Waals surface area contributed by atoms with Crippen LogP contribution in [-0.4, -0.2) is 30.3 Å². The highest BCUT2D eigenvalue weighted by Crippen LogP contribution is 1.89. The van der Waals surface area contributed by atoms with Crippen molar-refractivity contribution in [2.45, 2.75) is 13.0 Å². The van der Waals surface area contributed by atoms with E-state index >= 15 is 0 Å². The average Bonchev–Trinajstić information content (AvgIpc) is 1.97. The Labute approximate surface area is 63.4 Å². The van der Waals surface area contributed by atoms with E-state index in [0.29, 0.717) is 0 Å². The Kier molecular flexibility index (Phi) is 4.89. The number of hydrogen-bond acceptors (Lipinski definition) is 3. The number of carboxylic acid groups (broad SMARTS) is 1. The van der Waals surface area contributed by atoms with Crippen LogP contribution in [0.4, 0.5) is 0 Å². The standard InChI is InChI=1S/C5H9N3O3/c1-4(5(9)10)11-3-2-7-8-6/h4H,2-3H2,1H3,(H,9,10). The lowest BCUT2D eigenvalue weighted by Crippen LogP contribution is -2.20. The molecule has 0 aromatic carbocycles. The minimum absolute atomic E-state index is 0.136. The first-order valence-corrected chi connectivity index (χ1v) is 3.03. The number of carbonyl (C=O) groups is 1. The van der Waals surface area contributed by atoms with Gasteiger partial charge in [0.15, 0.2) is 6.10 Å². The highest BCUT2D eigenvalue weighted by molar-refractivity contribution is 5.71. The summed E-state index contributed by atoms with van der Waals surface area (Å²) in [4.78, 5) is 12.6. The molecule has 11 heavy (non-hydrogen) atoms. The molecule has 0 amide bonds. The molecule has 0 saturated heterocycles. The van der Waals surface area contributed by atoms with Crippen molar-refractivity contribution in [3.63, 3.8) is 0 Å². The molecule has 6 heteroatoms. The second kappa shape index (κ2) is 5.52. The summed E-state index contributed by atoms with van der Waals surface area (Å²) in [5.74, 6) is -1.02. The molecule has 6 nitrogen and oxygen atoms in total. The maximum absolute atomic E-state index is 10.1. The largest absolute Gasteiger partial charge is 0.479 e. The van der Waals surface area contributed by atoms with Crippen molar-refractivity contribution in [3.05, 3.63) is 10.4 Å². The third-order valence-electron chi connectivity index (χ3n) is 0.970. The van der Waals surface area contributed by atoms with E-state index < -0.39 is 12.1 Å². The normalized spacial score (nSPS) is 11.7. The predicted molar refractivity (Wildman–Crippen MR) is 37.1 cm³/mol. The molecule has 0 aliphatic heterocycles. The van der Waals surface area contributed by atoms with E-state index in [-0.39, 0.29) is 13.2 Å². The quantitative estimate of drug-likeness (QED) is 0.278. The van der Waals surface area contributed by atoms with Gasteiger partial charge in [0.25, 0.3) is 0 Å². The molecule has 0 aromatic rings. The number of azide groups is 1. The van der Waals surface area contributed by atoms with Gasteiger partial charge in [-0.25, -0.2) is 4.79 Å². The van der Waals surface area contributed by atoms with E-state index in [9.17, 15) is 4.79 Å². The van der Waals surface area contributed by atoms with Gasteiger partial charge in [0.05, 0.1) is 6.61 Å². The van der Waals surface area contributed by atoms with Crippen molar-refractivity contribution in [1.82, 2.24) is 0 Å². The summed E-state index contributed by atoms with van der Waals surface area (Å²) in [7, 11) is 0. The zero-order chi connectivity index (χ0) is 8.69. The molecular formula is C5H9N3O3. The van der Waals surface area contributed by atoms with Crippen molar-refractivity contribution < 1.29 is 14.6 Å². The van der Waals surface area contributed by atoms with Crippen LogP contribution in [0.5, 0.6) is 0 Å². The number of carboxylic acids is 1. The van der Waals surface area contributed by atoms with Crippen LogP contribution in [0, 0.1) is 0 Å². The number of nitrogens with zero attached hydrogens (tertiary/aromatic N) is 3. The molecule has 0 aliphatic carbocycles. The Morgan fingerprint density at radius 3 is 3.00 bits per heavy atom. The summed E-state index contributed by atoms with van der Waals surface area (Å²) < 4.78 is 4.74. The second-order valence-electron chi connectivity index (χ2n) is 1.81. The van der Waals surface area contributed by atoms with Crippen molar-refractivity contribution in [3.8, 4) is 0 Å². The summed E-state index contributed by atoms with van der Waals surface area (Å²) in [5.41, 5.74) is 7.83. The highest BCUT2D eigenvalue weighted by Gasteiger charge is 2.09.